The number of halogens is 3. The molecule has 122 valence electrons. The topological polar surface area (TPSA) is 72.5 Å². The summed E-state index contributed by atoms with van der Waals surface area (Å²) in [6.45, 7) is 2.06. The number of aliphatic carboxylic acids is 1. The zero-order valence-electron chi connectivity index (χ0n) is 12.1. The molecule has 3 N–H and O–H groups in total. The molecule has 1 unspecified atom stereocenters. The largest absolute Gasteiger partial charge is 0.480 e. The first-order chi connectivity index (χ1) is 10.8. The second-order valence-electron chi connectivity index (χ2n) is 5.05. The Kier molecular flexibility index (Phi) is 6.92. The first kappa shape index (κ1) is 19.2. The van der Waals surface area contributed by atoms with Crippen LogP contribution in [0.5, 0.6) is 11.5 Å². The first-order valence-electron chi connectivity index (χ1n) is 6.68. The van der Waals surface area contributed by atoms with E-state index in [1.54, 1.807) is 0 Å². The van der Waals surface area contributed by atoms with Crippen molar-refractivity contribution in [3.8, 4) is 11.5 Å². The van der Waals surface area contributed by atoms with Gasteiger partial charge in [0.15, 0.2) is 5.75 Å². The van der Waals surface area contributed by atoms with E-state index in [0.29, 0.717) is 6.42 Å². The van der Waals surface area contributed by atoms with E-state index in [-0.39, 0.29) is 0 Å². The maximum Gasteiger partial charge on any atom is 0.320 e. The van der Waals surface area contributed by atoms with Crippen molar-refractivity contribution in [1.29, 1.82) is 0 Å². The van der Waals surface area contributed by atoms with Crippen LogP contribution in [0.4, 0.5) is 0 Å². The van der Waals surface area contributed by atoms with Gasteiger partial charge in [0.25, 0.3) is 0 Å². The van der Waals surface area contributed by atoms with Gasteiger partial charge in [-0.3, -0.25) is 4.79 Å². The Morgan fingerprint density at radius 1 is 1.17 bits per heavy atom. The van der Waals surface area contributed by atoms with Crippen molar-refractivity contribution in [1.82, 2.24) is 0 Å². The maximum atomic E-state index is 10.9. The average Bonchev–Trinajstić information content (AvgIpc) is 2.46. The van der Waals surface area contributed by atoms with E-state index in [9.17, 15) is 4.79 Å². The molecular weight excluding hydrogens is 635 g/mol. The average molecular weight is 649 g/mol. The van der Waals surface area contributed by atoms with Crippen LogP contribution in [0.2, 0.25) is 0 Å². The van der Waals surface area contributed by atoms with Crippen molar-refractivity contribution >= 4 is 73.7 Å². The van der Waals surface area contributed by atoms with Crippen LogP contribution in [0.1, 0.15) is 11.1 Å². The zero-order valence-corrected chi connectivity index (χ0v) is 18.6. The number of rotatable bonds is 5. The number of nitrogens with two attached hydrogens (primary N) is 1. The van der Waals surface area contributed by atoms with Gasteiger partial charge in [-0.2, -0.15) is 0 Å². The predicted octanol–water partition coefficient (Wildman–Crippen LogP) is 4.56. The highest BCUT2D eigenvalue weighted by atomic mass is 127. The molecule has 0 aliphatic carbocycles. The highest BCUT2D eigenvalue weighted by Crippen LogP contribution is 2.34. The van der Waals surface area contributed by atoms with E-state index in [1.165, 1.54) is 5.56 Å². The first-order valence-corrected chi connectivity index (χ1v) is 9.92. The van der Waals surface area contributed by atoms with Crippen LogP contribution in [0.15, 0.2) is 30.3 Å². The molecule has 2 aromatic carbocycles. The number of aryl methyl sites for hydroxylation is 1. The second kappa shape index (κ2) is 8.30. The van der Waals surface area contributed by atoms with Gasteiger partial charge >= 0.3 is 5.97 Å². The summed E-state index contributed by atoms with van der Waals surface area (Å²) in [4.78, 5) is 10.9. The fourth-order valence-electron chi connectivity index (χ4n) is 1.92. The molecule has 0 saturated carbocycles. The number of hydrogen-bond donors (Lipinski definition) is 2. The number of hydrogen-bond acceptors (Lipinski definition) is 3. The SMILES string of the molecule is Cc1ccc(Oc2c(I)cc(CC(N)C(=O)O)cc2I)cc1I. The summed E-state index contributed by atoms with van der Waals surface area (Å²) in [6, 6.07) is 8.90. The second-order valence-corrected chi connectivity index (χ2v) is 8.54. The van der Waals surface area contributed by atoms with Gasteiger partial charge in [-0.1, -0.05) is 6.07 Å². The van der Waals surface area contributed by atoms with E-state index < -0.39 is 12.0 Å². The molecule has 0 radical (unpaired) electrons. The van der Waals surface area contributed by atoms with Crippen molar-refractivity contribution in [2.24, 2.45) is 5.73 Å². The smallest absolute Gasteiger partial charge is 0.320 e. The molecule has 0 bridgehead atoms. The fraction of sp³-hybridized carbons (Fsp3) is 0.188. The van der Waals surface area contributed by atoms with Crippen LogP contribution >= 0.6 is 67.8 Å². The Balaban J connectivity index is 2.26. The zero-order chi connectivity index (χ0) is 17.1. The van der Waals surface area contributed by atoms with Crippen LogP contribution in [0, 0.1) is 17.6 Å². The maximum absolute atomic E-state index is 10.9. The summed E-state index contributed by atoms with van der Waals surface area (Å²) in [7, 11) is 0. The lowest BCUT2D eigenvalue weighted by Gasteiger charge is -2.14. The highest BCUT2D eigenvalue weighted by Gasteiger charge is 2.16. The van der Waals surface area contributed by atoms with Gasteiger partial charge in [0, 0.05) is 3.57 Å². The molecule has 0 aromatic heterocycles. The Bertz CT molecular complexity index is 726. The quantitative estimate of drug-likeness (QED) is 0.467. The van der Waals surface area contributed by atoms with Gasteiger partial charge in [0.1, 0.15) is 11.8 Å². The molecule has 0 saturated heterocycles. The van der Waals surface area contributed by atoms with E-state index >= 15 is 0 Å². The molecule has 1 atom stereocenters. The molecule has 2 aromatic rings. The predicted molar refractivity (Wildman–Crippen MR) is 115 cm³/mol. The summed E-state index contributed by atoms with van der Waals surface area (Å²) in [6.07, 6.45) is 0.296. The van der Waals surface area contributed by atoms with Crippen LogP contribution in [0.25, 0.3) is 0 Å². The summed E-state index contributed by atoms with van der Waals surface area (Å²) in [5, 5.41) is 8.93. The lowest BCUT2D eigenvalue weighted by atomic mass is 10.1. The van der Waals surface area contributed by atoms with E-state index in [1.807, 2.05) is 30.3 Å². The normalized spacial score (nSPS) is 12.0. The molecular formula is C16H14I3NO3. The summed E-state index contributed by atoms with van der Waals surface area (Å²) >= 11 is 6.68. The standard InChI is InChI=1S/C16H14I3NO3/c1-8-2-3-10(7-11(8)17)23-15-12(18)4-9(5-13(15)19)6-14(20)16(21)22/h2-5,7,14H,6,20H2,1H3,(H,21,22). The molecule has 4 nitrogen and oxygen atoms in total. The van der Waals surface area contributed by atoms with E-state index in [2.05, 4.69) is 74.7 Å². The number of carboxylic acid groups (broad SMARTS) is 1. The van der Waals surface area contributed by atoms with Gasteiger partial charge < -0.3 is 15.6 Å². The van der Waals surface area contributed by atoms with Gasteiger partial charge in [-0.25, -0.2) is 0 Å². The lowest BCUT2D eigenvalue weighted by Crippen LogP contribution is -2.32. The molecule has 7 heteroatoms. The Morgan fingerprint density at radius 2 is 1.78 bits per heavy atom. The van der Waals surface area contributed by atoms with Crippen molar-refractivity contribution in [2.75, 3.05) is 0 Å². The fourth-order valence-corrected chi connectivity index (χ4v) is 4.53. The number of carboxylic acids is 1. The monoisotopic (exact) mass is 649 g/mol. The van der Waals surface area contributed by atoms with Crippen molar-refractivity contribution in [3.05, 3.63) is 52.2 Å². The molecule has 0 heterocycles. The molecule has 0 aliphatic rings. The number of ether oxygens (including phenoxy) is 1. The Labute approximate surface area is 175 Å². The van der Waals surface area contributed by atoms with Gasteiger partial charge in [-0.05, 0) is 117 Å². The third-order valence-corrected chi connectivity index (χ3v) is 5.96. The minimum Gasteiger partial charge on any atom is -0.480 e. The Hall–Kier alpha value is -0.140. The Morgan fingerprint density at radius 3 is 2.30 bits per heavy atom. The van der Waals surface area contributed by atoms with Crippen LogP contribution in [-0.2, 0) is 11.2 Å². The molecule has 2 rings (SSSR count). The highest BCUT2D eigenvalue weighted by molar-refractivity contribution is 14.1. The third-order valence-electron chi connectivity index (χ3n) is 3.19. The van der Waals surface area contributed by atoms with Crippen molar-refractivity contribution < 1.29 is 14.6 Å². The summed E-state index contributed by atoms with van der Waals surface area (Å²) < 4.78 is 9.02. The number of benzene rings is 2. The lowest BCUT2D eigenvalue weighted by molar-refractivity contribution is -0.138. The molecule has 0 fully saturated rings. The third kappa shape index (κ3) is 5.16. The molecule has 0 spiro atoms. The van der Waals surface area contributed by atoms with Gasteiger partial charge in [0.05, 0.1) is 7.14 Å². The number of carbonyl (C=O) groups is 1. The van der Waals surface area contributed by atoms with E-state index in [0.717, 1.165) is 27.8 Å². The molecule has 0 amide bonds. The summed E-state index contributed by atoms with van der Waals surface area (Å²) in [5.41, 5.74) is 7.70. The summed E-state index contributed by atoms with van der Waals surface area (Å²) in [5.74, 6) is 0.564. The van der Waals surface area contributed by atoms with Crippen molar-refractivity contribution in [2.45, 2.75) is 19.4 Å². The molecule has 0 aliphatic heterocycles. The minimum atomic E-state index is -0.996. The van der Waals surface area contributed by atoms with E-state index in [4.69, 9.17) is 15.6 Å². The van der Waals surface area contributed by atoms with Crippen LogP contribution in [0.3, 0.4) is 0 Å². The molecule has 23 heavy (non-hydrogen) atoms. The van der Waals surface area contributed by atoms with Crippen molar-refractivity contribution in [3.63, 3.8) is 0 Å². The minimum absolute atomic E-state index is 0.296. The van der Waals surface area contributed by atoms with Gasteiger partial charge in [-0.15, -0.1) is 0 Å². The van der Waals surface area contributed by atoms with Gasteiger partial charge in [0.2, 0.25) is 0 Å². The van der Waals surface area contributed by atoms with Crippen LogP contribution in [-0.4, -0.2) is 17.1 Å². The van der Waals surface area contributed by atoms with Crippen LogP contribution < -0.4 is 10.5 Å².